The van der Waals surface area contributed by atoms with Gasteiger partial charge in [-0.3, -0.25) is 4.68 Å². The first-order valence-electron chi connectivity index (χ1n) is 8.78. The lowest BCUT2D eigenvalue weighted by molar-refractivity contribution is 0.00943. The van der Waals surface area contributed by atoms with Gasteiger partial charge in [0, 0.05) is 42.9 Å². The molecule has 2 bridgehead atoms. The summed E-state index contributed by atoms with van der Waals surface area (Å²) in [6.45, 7) is 5.10. The first-order chi connectivity index (χ1) is 11.0. The molecule has 0 unspecified atom stereocenters. The summed E-state index contributed by atoms with van der Waals surface area (Å²) in [7, 11) is 0. The number of carboxylic acid groups (broad SMARTS) is 1. The van der Waals surface area contributed by atoms with Gasteiger partial charge >= 0.3 is 6.09 Å². The van der Waals surface area contributed by atoms with Crippen LogP contribution in [0, 0.1) is 12.3 Å². The predicted molar refractivity (Wildman–Crippen MR) is 86.4 cm³/mol. The topological polar surface area (TPSA) is 79.2 Å². The Morgan fingerprint density at radius 3 is 2.65 bits per heavy atom. The first kappa shape index (κ1) is 15.0. The Kier molecular flexibility index (Phi) is 3.41. The van der Waals surface area contributed by atoms with Gasteiger partial charge in [-0.15, -0.1) is 0 Å². The lowest BCUT2D eigenvalue weighted by atomic mass is 9.57. The molecule has 3 fully saturated rings. The normalized spacial score (nSPS) is 32.6. The maximum absolute atomic E-state index is 11.1. The molecule has 6 heteroatoms. The van der Waals surface area contributed by atoms with Crippen molar-refractivity contribution in [1.82, 2.24) is 20.4 Å². The van der Waals surface area contributed by atoms with Gasteiger partial charge in [0.15, 0.2) is 0 Å². The fourth-order valence-electron chi connectivity index (χ4n) is 4.96. The van der Waals surface area contributed by atoms with Crippen LogP contribution in [0.1, 0.15) is 55.5 Å². The van der Waals surface area contributed by atoms with Crippen molar-refractivity contribution >= 4 is 6.09 Å². The number of hydrogen-bond acceptors (Lipinski definition) is 3. The van der Waals surface area contributed by atoms with Crippen LogP contribution in [0.3, 0.4) is 0 Å². The van der Waals surface area contributed by atoms with E-state index in [2.05, 4.69) is 22.2 Å². The van der Waals surface area contributed by atoms with Crippen LogP contribution >= 0.6 is 0 Å². The molecule has 3 N–H and O–H groups in total. The standard InChI is InChI=1S/C17H26N4O2/c1-12-13-10-18-9-2-14(13)21(20-12)11-16-3-6-17(7-4-16,8-5-16)19-15(22)23/h18-19H,2-11H2,1H3,(H,22,23). The van der Waals surface area contributed by atoms with E-state index in [4.69, 9.17) is 10.2 Å². The highest BCUT2D eigenvalue weighted by atomic mass is 16.4. The van der Waals surface area contributed by atoms with Gasteiger partial charge in [-0.25, -0.2) is 4.79 Å². The minimum absolute atomic E-state index is 0.156. The maximum atomic E-state index is 11.1. The van der Waals surface area contributed by atoms with Gasteiger partial charge in [0.2, 0.25) is 0 Å². The molecule has 0 atom stereocenters. The third-order valence-corrected chi connectivity index (χ3v) is 6.47. The Morgan fingerprint density at radius 1 is 1.30 bits per heavy atom. The molecule has 23 heavy (non-hydrogen) atoms. The zero-order valence-corrected chi connectivity index (χ0v) is 13.8. The minimum Gasteiger partial charge on any atom is -0.465 e. The third-order valence-electron chi connectivity index (χ3n) is 6.47. The molecular weight excluding hydrogens is 292 g/mol. The summed E-state index contributed by atoms with van der Waals surface area (Å²) in [6, 6.07) is 0. The summed E-state index contributed by atoms with van der Waals surface area (Å²) in [5, 5.41) is 20.2. The molecule has 6 nitrogen and oxygen atoms in total. The minimum atomic E-state index is -0.872. The van der Waals surface area contributed by atoms with Crippen molar-refractivity contribution in [1.29, 1.82) is 0 Å². The van der Waals surface area contributed by atoms with Crippen molar-refractivity contribution in [2.75, 3.05) is 6.54 Å². The molecule has 4 aliphatic rings. The zero-order chi connectivity index (χ0) is 16.1. The second-order valence-electron chi connectivity index (χ2n) is 7.81. The van der Waals surface area contributed by atoms with Crippen molar-refractivity contribution in [2.24, 2.45) is 5.41 Å². The summed E-state index contributed by atoms with van der Waals surface area (Å²) in [4.78, 5) is 11.1. The van der Waals surface area contributed by atoms with Crippen LogP contribution in [-0.2, 0) is 19.5 Å². The van der Waals surface area contributed by atoms with E-state index >= 15 is 0 Å². The molecule has 5 rings (SSSR count). The van der Waals surface area contributed by atoms with Crippen LogP contribution in [0.4, 0.5) is 4.79 Å². The molecule has 1 aromatic heterocycles. The van der Waals surface area contributed by atoms with E-state index in [1.165, 1.54) is 11.3 Å². The highest BCUT2D eigenvalue weighted by Gasteiger charge is 2.49. The van der Waals surface area contributed by atoms with Crippen LogP contribution in [-0.4, -0.2) is 33.1 Å². The highest BCUT2D eigenvalue weighted by molar-refractivity contribution is 5.65. The van der Waals surface area contributed by atoms with Gasteiger partial charge in [-0.05, 0) is 50.9 Å². The molecule has 2 heterocycles. The summed E-state index contributed by atoms with van der Waals surface area (Å²) in [5.74, 6) is 0. The Hall–Kier alpha value is -1.56. The Bertz CT molecular complexity index is 612. The summed E-state index contributed by atoms with van der Waals surface area (Å²) in [5.41, 5.74) is 4.13. The number of aromatic nitrogens is 2. The number of nitrogens with zero attached hydrogens (tertiary/aromatic N) is 2. The van der Waals surface area contributed by atoms with Crippen molar-refractivity contribution in [3.05, 3.63) is 17.0 Å². The van der Waals surface area contributed by atoms with E-state index in [1.807, 2.05) is 0 Å². The van der Waals surface area contributed by atoms with Gasteiger partial charge < -0.3 is 15.7 Å². The maximum Gasteiger partial charge on any atom is 0.405 e. The molecular formula is C17H26N4O2. The fraction of sp³-hybridized carbons (Fsp3) is 0.765. The summed E-state index contributed by atoms with van der Waals surface area (Å²) in [6.07, 6.45) is 6.45. The van der Waals surface area contributed by atoms with Crippen LogP contribution in [0.2, 0.25) is 0 Å². The molecule has 3 aliphatic carbocycles. The number of fused-ring (bicyclic) bond motifs is 4. The Morgan fingerprint density at radius 2 is 2.00 bits per heavy atom. The van der Waals surface area contributed by atoms with E-state index in [0.29, 0.717) is 5.41 Å². The average Bonchev–Trinajstić information content (AvgIpc) is 2.85. The van der Waals surface area contributed by atoms with Gasteiger partial charge in [0.1, 0.15) is 0 Å². The summed E-state index contributed by atoms with van der Waals surface area (Å²) >= 11 is 0. The van der Waals surface area contributed by atoms with E-state index in [-0.39, 0.29) is 5.54 Å². The van der Waals surface area contributed by atoms with Gasteiger partial charge in [0.25, 0.3) is 0 Å². The Labute approximate surface area is 136 Å². The third kappa shape index (κ3) is 2.53. The quantitative estimate of drug-likeness (QED) is 0.798. The molecule has 1 aliphatic heterocycles. The number of nitrogens with one attached hydrogen (secondary N) is 2. The van der Waals surface area contributed by atoms with Gasteiger partial charge in [-0.1, -0.05) is 0 Å². The first-order valence-corrected chi connectivity index (χ1v) is 8.78. The van der Waals surface area contributed by atoms with Crippen LogP contribution in [0.5, 0.6) is 0 Å². The monoisotopic (exact) mass is 318 g/mol. The van der Waals surface area contributed by atoms with Crippen molar-refractivity contribution in [3.8, 4) is 0 Å². The molecule has 3 saturated carbocycles. The van der Waals surface area contributed by atoms with Crippen LogP contribution in [0.15, 0.2) is 0 Å². The molecule has 1 aromatic rings. The van der Waals surface area contributed by atoms with Gasteiger partial charge in [-0.2, -0.15) is 5.10 Å². The molecule has 126 valence electrons. The van der Waals surface area contributed by atoms with Gasteiger partial charge in [0.05, 0.1) is 5.69 Å². The molecule has 0 saturated heterocycles. The van der Waals surface area contributed by atoms with Crippen molar-refractivity contribution in [2.45, 2.75) is 70.5 Å². The Balaban J connectivity index is 1.52. The zero-order valence-electron chi connectivity index (χ0n) is 13.8. The lowest BCUT2D eigenvalue weighted by Gasteiger charge is -2.53. The molecule has 0 aromatic carbocycles. The lowest BCUT2D eigenvalue weighted by Crippen LogP contribution is -2.57. The predicted octanol–water partition coefficient (Wildman–Crippen LogP) is 2.20. The number of hydrogen-bond donors (Lipinski definition) is 3. The van der Waals surface area contributed by atoms with E-state index in [9.17, 15) is 4.79 Å². The van der Waals surface area contributed by atoms with Crippen LogP contribution < -0.4 is 10.6 Å². The van der Waals surface area contributed by atoms with E-state index in [1.54, 1.807) is 0 Å². The summed E-state index contributed by atoms with van der Waals surface area (Å²) < 4.78 is 2.27. The van der Waals surface area contributed by atoms with E-state index < -0.39 is 6.09 Å². The second-order valence-corrected chi connectivity index (χ2v) is 7.81. The molecule has 1 amide bonds. The second kappa shape index (κ2) is 5.23. The largest absolute Gasteiger partial charge is 0.465 e. The number of amides is 1. The van der Waals surface area contributed by atoms with Crippen molar-refractivity contribution < 1.29 is 9.90 Å². The number of aryl methyl sites for hydroxylation is 1. The van der Waals surface area contributed by atoms with Crippen molar-refractivity contribution in [3.63, 3.8) is 0 Å². The number of rotatable bonds is 3. The SMILES string of the molecule is Cc1nn(CC23CCC(NC(=O)O)(CC2)CC3)c2c1CNCC2. The smallest absolute Gasteiger partial charge is 0.405 e. The molecule has 0 radical (unpaired) electrons. The molecule has 0 spiro atoms. The van der Waals surface area contributed by atoms with Crippen LogP contribution in [0.25, 0.3) is 0 Å². The number of carbonyl (C=O) groups is 1. The van der Waals surface area contributed by atoms with E-state index in [0.717, 1.165) is 70.3 Å². The fourth-order valence-corrected chi connectivity index (χ4v) is 4.96. The average molecular weight is 318 g/mol. The highest BCUT2D eigenvalue weighted by Crippen LogP contribution is 2.53.